The van der Waals surface area contributed by atoms with E-state index in [0.717, 1.165) is 31.6 Å². The molecule has 28 heavy (non-hydrogen) atoms. The van der Waals surface area contributed by atoms with Gasteiger partial charge in [0.1, 0.15) is 0 Å². The van der Waals surface area contributed by atoms with Crippen LogP contribution in [0.25, 0.3) is 0 Å². The summed E-state index contributed by atoms with van der Waals surface area (Å²) in [6.07, 6.45) is 13.3. The second-order valence-corrected chi connectivity index (χ2v) is 17.0. The van der Waals surface area contributed by atoms with Crippen molar-refractivity contribution in [2.75, 3.05) is 0 Å². The van der Waals surface area contributed by atoms with Crippen LogP contribution in [0.15, 0.2) is 23.3 Å². The van der Waals surface area contributed by atoms with Crippen LogP contribution in [-0.2, 0) is 4.43 Å². The Morgan fingerprint density at radius 2 is 1.71 bits per heavy atom. The van der Waals surface area contributed by atoms with E-state index in [1.165, 1.54) is 19.3 Å². The van der Waals surface area contributed by atoms with Crippen molar-refractivity contribution in [3.63, 3.8) is 0 Å². The van der Waals surface area contributed by atoms with Crippen molar-refractivity contribution in [3.05, 3.63) is 23.3 Å². The van der Waals surface area contributed by atoms with Crippen molar-refractivity contribution >= 4 is 8.32 Å². The highest BCUT2D eigenvalue weighted by atomic mass is 28.4. The molecule has 0 heterocycles. The Morgan fingerprint density at radius 1 is 1.04 bits per heavy atom. The van der Waals surface area contributed by atoms with Crippen molar-refractivity contribution in [1.82, 2.24) is 0 Å². The molecular formula is C25H42O2Si. The van der Waals surface area contributed by atoms with Crippen LogP contribution in [0.1, 0.15) is 79.6 Å². The molecule has 1 N–H and O–H groups in total. The van der Waals surface area contributed by atoms with Gasteiger partial charge >= 0.3 is 0 Å². The van der Waals surface area contributed by atoms with Gasteiger partial charge in [-0.2, -0.15) is 0 Å². The number of aliphatic hydroxyl groups is 1. The van der Waals surface area contributed by atoms with E-state index in [4.69, 9.17) is 4.43 Å². The van der Waals surface area contributed by atoms with Crippen molar-refractivity contribution in [2.24, 2.45) is 22.7 Å². The molecular weight excluding hydrogens is 360 g/mol. The van der Waals surface area contributed by atoms with Crippen molar-refractivity contribution in [1.29, 1.82) is 0 Å². The molecule has 0 aromatic heterocycles. The zero-order valence-electron chi connectivity index (χ0n) is 19.3. The molecule has 0 bridgehead atoms. The molecule has 0 aliphatic heterocycles. The van der Waals surface area contributed by atoms with Gasteiger partial charge in [0, 0.05) is 5.41 Å². The minimum atomic E-state index is -1.76. The standard InChI is InChI=1S/C25H42O2Si/c1-23(2,3)28(6,7)27-22-11-10-20-19-9-8-17-16-18(26)12-14-24(17,4)21(19)13-15-25(20,22)5/h8,10,18-19,21-22,26H,9,11-16H2,1-7H3/t18?,19?,21?,22?,24-,25-/m0/s1. The normalized spacial score (nSPS) is 43.6. The van der Waals surface area contributed by atoms with Crippen molar-refractivity contribution < 1.29 is 9.53 Å². The maximum Gasteiger partial charge on any atom is 0.192 e. The van der Waals surface area contributed by atoms with Gasteiger partial charge < -0.3 is 9.53 Å². The fourth-order valence-corrected chi connectivity index (χ4v) is 8.08. The summed E-state index contributed by atoms with van der Waals surface area (Å²) < 4.78 is 7.00. The lowest BCUT2D eigenvalue weighted by Gasteiger charge is -2.56. The van der Waals surface area contributed by atoms with Crippen molar-refractivity contribution in [3.8, 4) is 0 Å². The van der Waals surface area contributed by atoms with Gasteiger partial charge in [-0.1, -0.05) is 57.9 Å². The lowest BCUT2D eigenvalue weighted by Crippen LogP contribution is -2.51. The van der Waals surface area contributed by atoms with Crippen LogP contribution in [-0.4, -0.2) is 25.6 Å². The van der Waals surface area contributed by atoms with E-state index in [1.54, 1.807) is 11.1 Å². The molecule has 6 atom stereocenters. The highest BCUT2D eigenvalue weighted by molar-refractivity contribution is 6.74. The Morgan fingerprint density at radius 3 is 2.39 bits per heavy atom. The van der Waals surface area contributed by atoms with Gasteiger partial charge in [0.15, 0.2) is 8.32 Å². The minimum Gasteiger partial charge on any atom is -0.413 e. The Bertz CT molecular complexity index is 700. The summed E-state index contributed by atoms with van der Waals surface area (Å²) in [5, 5.41) is 10.5. The number of hydrogen-bond donors (Lipinski definition) is 1. The van der Waals surface area contributed by atoms with E-state index < -0.39 is 8.32 Å². The quantitative estimate of drug-likeness (QED) is 0.415. The summed E-state index contributed by atoms with van der Waals surface area (Å²) >= 11 is 0. The van der Waals surface area contributed by atoms with Crippen LogP contribution < -0.4 is 0 Å². The van der Waals surface area contributed by atoms with Crippen LogP contribution >= 0.6 is 0 Å². The van der Waals surface area contributed by atoms with E-state index in [0.29, 0.717) is 17.4 Å². The zero-order valence-corrected chi connectivity index (χ0v) is 20.3. The molecule has 4 rings (SSSR count). The van der Waals surface area contributed by atoms with Gasteiger partial charge in [-0.15, -0.1) is 0 Å². The summed E-state index contributed by atoms with van der Waals surface area (Å²) in [4.78, 5) is 0. The monoisotopic (exact) mass is 402 g/mol. The van der Waals surface area contributed by atoms with Gasteiger partial charge in [-0.3, -0.25) is 0 Å². The summed E-state index contributed by atoms with van der Waals surface area (Å²) in [6, 6.07) is 0. The molecule has 4 aliphatic rings. The van der Waals surface area contributed by atoms with E-state index in [9.17, 15) is 5.11 Å². The van der Waals surface area contributed by atoms with E-state index in [-0.39, 0.29) is 16.6 Å². The van der Waals surface area contributed by atoms with Crippen LogP contribution in [0.4, 0.5) is 0 Å². The third-order valence-corrected chi connectivity index (χ3v) is 14.1. The van der Waals surface area contributed by atoms with Gasteiger partial charge in [-0.05, 0) is 80.3 Å². The molecule has 0 saturated heterocycles. The number of hydrogen-bond acceptors (Lipinski definition) is 2. The molecule has 2 nitrogen and oxygen atoms in total. The van der Waals surface area contributed by atoms with Crippen LogP contribution in [0, 0.1) is 22.7 Å². The van der Waals surface area contributed by atoms with E-state index in [1.807, 2.05) is 0 Å². The summed E-state index contributed by atoms with van der Waals surface area (Å²) in [6.45, 7) is 16.9. The molecule has 4 aliphatic carbocycles. The third kappa shape index (κ3) is 3.03. The molecule has 0 aromatic carbocycles. The molecule has 2 fully saturated rings. The van der Waals surface area contributed by atoms with E-state index >= 15 is 0 Å². The number of allylic oxidation sites excluding steroid dienone is 1. The third-order valence-electron chi connectivity index (χ3n) is 9.65. The topological polar surface area (TPSA) is 29.5 Å². The Labute approximate surface area is 174 Å². The predicted molar refractivity (Wildman–Crippen MR) is 120 cm³/mol. The molecule has 2 saturated carbocycles. The molecule has 0 radical (unpaired) electrons. The first kappa shape index (κ1) is 20.9. The van der Waals surface area contributed by atoms with E-state index in [2.05, 4.69) is 59.9 Å². The molecule has 0 aromatic rings. The molecule has 158 valence electrons. The van der Waals surface area contributed by atoms with Gasteiger partial charge in [0.05, 0.1) is 12.2 Å². The van der Waals surface area contributed by atoms with Gasteiger partial charge in [-0.25, -0.2) is 0 Å². The number of aliphatic hydroxyl groups excluding tert-OH is 1. The SMILES string of the molecule is CC(C)(C)[Si](C)(C)OC1CC=C2C3CC=C4CC(O)CC[C@]4(C)C3CC[C@@]21C. The second kappa shape index (κ2) is 6.56. The highest BCUT2D eigenvalue weighted by Gasteiger charge is 2.57. The fraction of sp³-hybridized carbons (Fsp3) is 0.840. The van der Waals surface area contributed by atoms with Crippen LogP contribution in [0.2, 0.25) is 18.1 Å². The fourth-order valence-electron chi connectivity index (χ4n) is 6.66. The maximum absolute atomic E-state index is 10.2. The van der Waals surface area contributed by atoms with Crippen LogP contribution in [0.3, 0.4) is 0 Å². The first-order valence-corrected chi connectivity index (χ1v) is 14.6. The molecule has 4 unspecified atom stereocenters. The average molecular weight is 403 g/mol. The molecule has 0 spiro atoms. The first-order valence-electron chi connectivity index (χ1n) is 11.6. The highest BCUT2D eigenvalue weighted by Crippen LogP contribution is 2.64. The average Bonchev–Trinajstić information content (AvgIpc) is 2.91. The summed E-state index contributed by atoms with van der Waals surface area (Å²) in [5.74, 6) is 1.45. The zero-order chi connectivity index (χ0) is 20.5. The Hall–Kier alpha value is -0.383. The Kier molecular flexibility index (Phi) is 4.89. The maximum atomic E-state index is 10.2. The van der Waals surface area contributed by atoms with Crippen molar-refractivity contribution in [2.45, 2.75) is 110 Å². The lowest BCUT2D eigenvalue weighted by molar-refractivity contribution is 0.00115. The Balaban J connectivity index is 1.59. The second-order valence-electron chi connectivity index (χ2n) is 12.2. The minimum absolute atomic E-state index is 0.113. The smallest absolute Gasteiger partial charge is 0.192 e. The van der Waals surface area contributed by atoms with Gasteiger partial charge in [0.2, 0.25) is 0 Å². The molecule has 3 heteroatoms. The van der Waals surface area contributed by atoms with Gasteiger partial charge in [0.25, 0.3) is 0 Å². The molecule has 0 amide bonds. The predicted octanol–water partition coefficient (Wildman–Crippen LogP) is 6.62. The summed E-state index contributed by atoms with van der Waals surface area (Å²) in [5.41, 5.74) is 3.81. The number of fused-ring (bicyclic) bond motifs is 5. The first-order chi connectivity index (χ1) is 12.9. The van der Waals surface area contributed by atoms with Crippen LogP contribution in [0.5, 0.6) is 0 Å². The lowest BCUT2D eigenvalue weighted by atomic mass is 9.49. The largest absolute Gasteiger partial charge is 0.413 e. The summed E-state index contributed by atoms with van der Waals surface area (Å²) in [7, 11) is -1.76. The number of rotatable bonds is 2.